The highest BCUT2D eigenvalue weighted by Gasteiger charge is 2.37. The molecule has 3 unspecified atom stereocenters. The summed E-state index contributed by atoms with van der Waals surface area (Å²) in [5, 5.41) is 18.1. The summed E-state index contributed by atoms with van der Waals surface area (Å²) in [5.41, 5.74) is 0. The summed E-state index contributed by atoms with van der Waals surface area (Å²) in [4.78, 5) is 22.9. The van der Waals surface area contributed by atoms with Crippen molar-refractivity contribution >= 4 is 11.9 Å². The van der Waals surface area contributed by atoms with Gasteiger partial charge in [-0.1, -0.05) is 20.8 Å². The number of carboxylic acids is 1. The average Bonchev–Trinajstić information content (AvgIpc) is 2.26. The number of rotatable bonds is 7. The molecule has 3 atom stereocenters. The molecule has 5 nitrogen and oxygen atoms in total. The minimum Gasteiger partial charge on any atom is -0.481 e. The Balaban J connectivity index is 4.89. The molecule has 0 amide bonds. The number of carbonyl (C=O) groups excluding carboxylic acids is 1. The van der Waals surface area contributed by atoms with Crippen molar-refractivity contribution in [1.82, 2.24) is 0 Å². The molecule has 102 valence electrons. The van der Waals surface area contributed by atoms with Gasteiger partial charge in [-0.2, -0.15) is 5.26 Å². The number of nitrogens with zero attached hydrogens (tertiary/aromatic N) is 1. The van der Waals surface area contributed by atoms with Crippen LogP contribution in [0.15, 0.2) is 0 Å². The molecular formula is C13H21NO4. The van der Waals surface area contributed by atoms with Crippen LogP contribution >= 0.6 is 0 Å². The van der Waals surface area contributed by atoms with E-state index in [-0.39, 0.29) is 12.0 Å². The normalized spacial score (nSPS) is 15.6. The van der Waals surface area contributed by atoms with Crippen LogP contribution in [0.5, 0.6) is 0 Å². The van der Waals surface area contributed by atoms with Crippen LogP contribution < -0.4 is 0 Å². The van der Waals surface area contributed by atoms with Crippen molar-refractivity contribution in [1.29, 1.82) is 5.26 Å². The standard InChI is InChI=1S/C13H21NO4/c1-5-9(4)18-13(17)11(12(15)16)10(7-14)6-8(2)3/h8-11H,5-6H2,1-4H3,(H,15,16). The Morgan fingerprint density at radius 2 is 1.89 bits per heavy atom. The first kappa shape index (κ1) is 16.4. The van der Waals surface area contributed by atoms with E-state index in [0.717, 1.165) is 0 Å². The molecule has 0 aromatic rings. The molecule has 0 aliphatic carbocycles. The van der Waals surface area contributed by atoms with Gasteiger partial charge in [-0.25, -0.2) is 0 Å². The van der Waals surface area contributed by atoms with Gasteiger partial charge in [-0.15, -0.1) is 0 Å². The van der Waals surface area contributed by atoms with Crippen molar-refractivity contribution in [3.63, 3.8) is 0 Å². The van der Waals surface area contributed by atoms with Gasteiger partial charge in [0.25, 0.3) is 0 Å². The lowest BCUT2D eigenvalue weighted by atomic mass is 9.86. The van der Waals surface area contributed by atoms with E-state index in [1.165, 1.54) is 0 Å². The molecule has 0 radical (unpaired) electrons. The van der Waals surface area contributed by atoms with Gasteiger partial charge < -0.3 is 9.84 Å². The van der Waals surface area contributed by atoms with Crippen LogP contribution in [0.25, 0.3) is 0 Å². The molecule has 0 aliphatic heterocycles. The molecule has 0 spiro atoms. The zero-order valence-electron chi connectivity index (χ0n) is 11.3. The zero-order chi connectivity index (χ0) is 14.3. The number of carboxylic acid groups (broad SMARTS) is 1. The second-order valence-corrected chi connectivity index (χ2v) is 4.84. The van der Waals surface area contributed by atoms with Crippen LogP contribution in [0, 0.1) is 29.1 Å². The summed E-state index contributed by atoms with van der Waals surface area (Å²) in [6.45, 7) is 7.29. The zero-order valence-corrected chi connectivity index (χ0v) is 11.3. The molecule has 1 N–H and O–H groups in total. The Hall–Kier alpha value is -1.57. The lowest BCUT2D eigenvalue weighted by molar-refractivity contribution is -0.163. The first-order valence-electron chi connectivity index (χ1n) is 6.16. The van der Waals surface area contributed by atoms with Crippen LogP contribution in [0.3, 0.4) is 0 Å². The minimum atomic E-state index is -1.40. The van der Waals surface area contributed by atoms with Crippen LogP contribution in [-0.4, -0.2) is 23.1 Å². The fourth-order valence-electron chi connectivity index (χ4n) is 1.56. The second-order valence-electron chi connectivity index (χ2n) is 4.84. The van der Waals surface area contributed by atoms with Gasteiger partial charge in [0.1, 0.15) is 0 Å². The largest absolute Gasteiger partial charge is 0.481 e. The Labute approximate surface area is 108 Å². The van der Waals surface area contributed by atoms with E-state index in [1.807, 2.05) is 26.8 Å². The topological polar surface area (TPSA) is 87.4 Å². The Kier molecular flexibility index (Phi) is 7.03. The first-order valence-corrected chi connectivity index (χ1v) is 6.16. The van der Waals surface area contributed by atoms with Crippen LogP contribution in [0.4, 0.5) is 0 Å². The van der Waals surface area contributed by atoms with Crippen molar-refractivity contribution in [2.75, 3.05) is 0 Å². The summed E-state index contributed by atoms with van der Waals surface area (Å²) in [7, 11) is 0. The number of aliphatic carboxylic acids is 1. The molecule has 0 aliphatic rings. The van der Waals surface area contributed by atoms with E-state index in [0.29, 0.717) is 12.8 Å². The molecular weight excluding hydrogens is 234 g/mol. The number of ether oxygens (including phenoxy) is 1. The molecule has 0 aromatic carbocycles. The third kappa shape index (κ3) is 5.17. The van der Waals surface area contributed by atoms with Gasteiger partial charge in [0, 0.05) is 0 Å². The number of esters is 1. The maximum atomic E-state index is 11.8. The Bertz CT molecular complexity index is 332. The van der Waals surface area contributed by atoms with Gasteiger partial charge in [0.05, 0.1) is 18.1 Å². The van der Waals surface area contributed by atoms with E-state index in [1.54, 1.807) is 6.92 Å². The van der Waals surface area contributed by atoms with Crippen molar-refractivity contribution in [2.24, 2.45) is 17.8 Å². The molecule has 0 aromatic heterocycles. The smallest absolute Gasteiger partial charge is 0.321 e. The van der Waals surface area contributed by atoms with E-state index in [2.05, 4.69) is 0 Å². The predicted octanol–water partition coefficient (Wildman–Crippen LogP) is 2.21. The first-order chi connectivity index (χ1) is 8.33. The second kappa shape index (κ2) is 7.70. The van der Waals surface area contributed by atoms with E-state index < -0.39 is 23.8 Å². The average molecular weight is 255 g/mol. The Morgan fingerprint density at radius 3 is 2.22 bits per heavy atom. The third-order valence-corrected chi connectivity index (χ3v) is 2.71. The minimum absolute atomic E-state index is 0.146. The lowest BCUT2D eigenvalue weighted by Crippen LogP contribution is -2.34. The molecule has 0 heterocycles. The SMILES string of the molecule is CCC(C)OC(=O)C(C(=O)O)C(C#N)CC(C)C. The quantitative estimate of drug-likeness (QED) is 0.556. The molecule has 5 heteroatoms. The van der Waals surface area contributed by atoms with Gasteiger partial charge in [-0.3, -0.25) is 9.59 Å². The molecule has 0 rings (SSSR count). The summed E-state index contributed by atoms with van der Waals surface area (Å²) in [6.07, 6.45) is 0.639. The summed E-state index contributed by atoms with van der Waals surface area (Å²) in [5.74, 6) is -4.21. The van der Waals surface area contributed by atoms with Crippen molar-refractivity contribution < 1.29 is 19.4 Å². The molecule has 0 bridgehead atoms. The third-order valence-electron chi connectivity index (χ3n) is 2.71. The number of nitriles is 1. The molecule has 0 fully saturated rings. The van der Waals surface area contributed by atoms with Crippen LogP contribution in [0.2, 0.25) is 0 Å². The van der Waals surface area contributed by atoms with Crippen LogP contribution in [-0.2, 0) is 14.3 Å². The maximum absolute atomic E-state index is 11.8. The highest BCUT2D eigenvalue weighted by molar-refractivity contribution is 5.94. The fraction of sp³-hybridized carbons (Fsp3) is 0.769. The highest BCUT2D eigenvalue weighted by Crippen LogP contribution is 2.22. The summed E-state index contributed by atoms with van der Waals surface area (Å²) < 4.78 is 5.02. The fourth-order valence-corrected chi connectivity index (χ4v) is 1.56. The number of carbonyl (C=O) groups is 2. The highest BCUT2D eigenvalue weighted by atomic mass is 16.5. The molecule has 0 saturated carbocycles. The number of hydrogen-bond acceptors (Lipinski definition) is 4. The monoisotopic (exact) mass is 255 g/mol. The maximum Gasteiger partial charge on any atom is 0.321 e. The van der Waals surface area contributed by atoms with Gasteiger partial charge in [-0.05, 0) is 25.7 Å². The Morgan fingerprint density at radius 1 is 1.33 bits per heavy atom. The van der Waals surface area contributed by atoms with E-state index in [9.17, 15) is 9.59 Å². The van der Waals surface area contributed by atoms with E-state index >= 15 is 0 Å². The van der Waals surface area contributed by atoms with Gasteiger partial charge >= 0.3 is 11.9 Å². The van der Waals surface area contributed by atoms with Crippen LogP contribution in [0.1, 0.15) is 40.5 Å². The number of hydrogen-bond donors (Lipinski definition) is 1. The molecule has 18 heavy (non-hydrogen) atoms. The summed E-state index contributed by atoms with van der Waals surface area (Å²) in [6, 6.07) is 1.91. The summed E-state index contributed by atoms with van der Waals surface area (Å²) >= 11 is 0. The molecule has 0 saturated heterocycles. The lowest BCUT2D eigenvalue weighted by Gasteiger charge is -2.20. The van der Waals surface area contributed by atoms with Crippen molar-refractivity contribution in [3.05, 3.63) is 0 Å². The predicted molar refractivity (Wildman–Crippen MR) is 65.5 cm³/mol. The van der Waals surface area contributed by atoms with Gasteiger partial charge in [0.15, 0.2) is 5.92 Å². The van der Waals surface area contributed by atoms with Crippen molar-refractivity contribution in [3.8, 4) is 6.07 Å². The van der Waals surface area contributed by atoms with Crippen molar-refractivity contribution in [2.45, 2.75) is 46.6 Å². The van der Waals surface area contributed by atoms with Gasteiger partial charge in [0.2, 0.25) is 0 Å². The van der Waals surface area contributed by atoms with E-state index in [4.69, 9.17) is 15.1 Å².